The molecule has 0 atom stereocenters. The number of nitrogens with one attached hydrogen (secondary N) is 1. The fourth-order valence-electron chi connectivity index (χ4n) is 13.8. The van der Waals surface area contributed by atoms with Crippen LogP contribution in [0.3, 0.4) is 0 Å². The van der Waals surface area contributed by atoms with Crippen molar-refractivity contribution in [3.05, 3.63) is 398 Å². The number of phenols is 1. The van der Waals surface area contributed by atoms with Gasteiger partial charge in [0.2, 0.25) is 0 Å². The van der Waals surface area contributed by atoms with Crippen LogP contribution >= 0.6 is 11.8 Å². The van der Waals surface area contributed by atoms with E-state index in [9.17, 15) is 63.9 Å². The van der Waals surface area contributed by atoms with Crippen LogP contribution in [0.15, 0.2) is 360 Å². The Balaban J connectivity index is 0.000000120. The van der Waals surface area contributed by atoms with Gasteiger partial charge in [-0.2, -0.15) is 0 Å². The smallest absolute Gasteiger partial charge is 0.354 e. The third-order valence-electron chi connectivity index (χ3n) is 19.2. The lowest BCUT2D eigenvalue weighted by atomic mass is 10.0. The fourth-order valence-corrected chi connectivity index (χ4v) is 14.7. The third kappa shape index (κ3) is 14.3. The zero-order valence-corrected chi connectivity index (χ0v) is 61.2. The van der Waals surface area contributed by atoms with Gasteiger partial charge in [-0.15, -0.1) is 0 Å². The highest BCUT2D eigenvalue weighted by Gasteiger charge is 2.27. The van der Waals surface area contributed by atoms with Gasteiger partial charge in [0, 0.05) is 63.5 Å². The zero-order chi connectivity index (χ0) is 79.3. The normalized spacial score (nSPS) is 11.1. The molecule has 0 aliphatic heterocycles. The largest absolute Gasteiger partial charge is 0.508 e. The first-order valence-corrected chi connectivity index (χ1v) is 36.6. The van der Waals surface area contributed by atoms with E-state index in [0.717, 1.165) is 22.9 Å². The molecule has 0 bridgehead atoms. The zero-order valence-electron chi connectivity index (χ0n) is 60.4. The van der Waals surface area contributed by atoms with Gasteiger partial charge in [0.1, 0.15) is 55.2 Å². The van der Waals surface area contributed by atoms with Crippen molar-refractivity contribution in [1.82, 2.24) is 23.6 Å². The number of aromatic hydroxyl groups is 5. The Hall–Kier alpha value is -15.3. The molecule has 1 amide bonds. The number of aryl methyl sites for hydroxylation is 1. The van der Waals surface area contributed by atoms with Gasteiger partial charge in [-0.05, 0) is 126 Å². The standard InChI is InChI=1S/C25H17NO4.C24H15NO5S.C24H15NO4.C19H18N2O3/c27-22-19(15-16-9-3-1-4-10-16)25(29)30-23-18-13-7-8-14-20(18)26(24(28)21(22)23)17-11-5-2-6-12-17;26-15-9-6-10-16(13-15)31-22-20(27)19-21(30-24(22)29)17-11-4-5-12-18(17)25(23(19)28)14-7-2-1-3-8-14;26-21-19(15-9-3-1-4-10-15)24(28)29-22-17-13-7-8-14-18(17)25(23(27)20(21)22)16-11-5-2-6-12-16;1-21-15-10-6-5-9-14(15)17(22)16(19(21)24)18(23)20-12-11-13-7-3-2-4-8-13/h1-14,27H,15H2;1-13,26-27H;1-14,26H;2-10,22H,11-12H2,1H3,(H,20,23). The van der Waals surface area contributed by atoms with Crippen molar-refractivity contribution in [2.24, 2.45) is 7.05 Å². The Morgan fingerprint density at radius 1 is 0.377 bits per heavy atom. The van der Waals surface area contributed by atoms with Crippen LogP contribution in [0.25, 0.3) is 105 Å². The molecule has 0 saturated carbocycles. The first-order chi connectivity index (χ1) is 55.4. The maximum Gasteiger partial charge on any atom is 0.354 e. The summed E-state index contributed by atoms with van der Waals surface area (Å²) in [6, 6.07) is 89.7. The van der Waals surface area contributed by atoms with E-state index in [-0.39, 0.29) is 83.9 Å². The van der Waals surface area contributed by atoms with Gasteiger partial charge < -0.3 is 48.7 Å². The highest BCUT2D eigenvalue weighted by Crippen LogP contribution is 2.40. The van der Waals surface area contributed by atoms with E-state index >= 15 is 0 Å². The summed E-state index contributed by atoms with van der Waals surface area (Å²) in [5.74, 6) is -1.96. The van der Waals surface area contributed by atoms with Crippen LogP contribution in [-0.4, -0.2) is 56.3 Å². The molecular weight excluding hydrogens is 1460 g/mol. The molecule has 6 N–H and O–H groups in total. The lowest BCUT2D eigenvalue weighted by molar-refractivity contribution is 0.0949. The quantitative estimate of drug-likeness (QED) is 0.0619. The molecule has 560 valence electrons. The summed E-state index contributed by atoms with van der Waals surface area (Å²) in [5.41, 5.74) is 2.72. The second-order valence-electron chi connectivity index (χ2n) is 26.2. The topological polar surface area (TPSA) is 309 Å². The van der Waals surface area contributed by atoms with Crippen LogP contribution in [-0.2, 0) is 19.9 Å². The van der Waals surface area contributed by atoms with Crippen LogP contribution in [0.5, 0.6) is 28.7 Å². The molecule has 7 aromatic heterocycles. The van der Waals surface area contributed by atoms with E-state index in [1.54, 1.807) is 147 Å². The fraction of sp³-hybridized carbons (Fsp3) is 0.0435. The highest BCUT2D eigenvalue weighted by molar-refractivity contribution is 7.99. The number of benzene rings is 11. The Morgan fingerprint density at radius 3 is 1.25 bits per heavy atom. The van der Waals surface area contributed by atoms with Gasteiger partial charge >= 0.3 is 16.9 Å². The maximum atomic E-state index is 13.5. The number of nitrogens with zero attached hydrogens (tertiary/aromatic N) is 4. The van der Waals surface area contributed by atoms with Crippen LogP contribution in [0.2, 0.25) is 0 Å². The van der Waals surface area contributed by atoms with Gasteiger partial charge in [0.05, 0.1) is 27.6 Å². The summed E-state index contributed by atoms with van der Waals surface area (Å²) in [7, 11) is 1.59. The number of aromatic nitrogens is 4. The van der Waals surface area contributed by atoms with Gasteiger partial charge in [0.15, 0.2) is 22.5 Å². The van der Waals surface area contributed by atoms with E-state index < -0.39 is 50.8 Å². The number of carbonyl (C=O) groups excluding carboxylic acids is 1. The van der Waals surface area contributed by atoms with E-state index in [2.05, 4.69) is 5.32 Å². The van der Waals surface area contributed by atoms with Crippen LogP contribution in [0.1, 0.15) is 27.0 Å². The third-order valence-corrected chi connectivity index (χ3v) is 20.2. The molecule has 22 heteroatoms. The summed E-state index contributed by atoms with van der Waals surface area (Å²) >= 11 is 0.921. The summed E-state index contributed by atoms with van der Waals surface area (Å²) < 4.78 is 22.6. The minimum absolute atomic E-state index is 0.00286. The molecule has 114 heavy (non-hydrogen) atoms. The molecule has 0 radical (unpaired) electrons. The van der Waals surface area contributed by atoms with E-state index in [4.69, 9.17) is 13.3 Å². The van der Waals surface area contributed by atoms with Gasteiger partial charge in [-0.1, -0.05) is 212 Å². The van der Waals surface area contributed by atoms with Crippen molar-refractivity contribution in [2.75, 3.05) is 6.54 Å². The number of pyridine rings is 4. The van der Waals surface area contributed by atoms with E-state index in [1.807, 2.05) is 152 Å². The summed E-state index contributed by atoms with van der Waals surface area (Å²) in [6.07, 6.45) is 0.823. The van der Waals surface area contributed by atoms with Gasteiger partial charge in [-0.25, -0.2) is 14.4 Å². The number of phenolic OH excluding ortho intramolecular Hbond substituents is 1. The molecule has 7 heterocycles. The second kappa shape index (κ2) is 32.1. The molecule has 0 fully saturated rings. The maximum absolute atomic E-state index is 13.5. The van der Waals surface area contributed by atoms with Crippen LogP contribution in [0, 0.1) is 0 Å². The van der Waals surface area contributed by atoms with Crippen molar-refractivity contribution in [3.8, 4) is 56.9 Å². The number of fused-ring (bicyclic) bond motifs is 10. The lowest BCUT2D eigenvalue weighted by Crippen LogP contribution is -2.33. The lowest BCUT2D eigenvalue weighted by Gasteiger charge is -2.14. The van der Waals surface area contributed by atoms with E-state index in [1.165, 1.54) is 30.4 Å². The number of para-hydroxylation sites is 7. The van der Waals surface area contributed by atoms with Crippen molar-refractivity contribution in [1.29, 1.82) is 0 Å². The van der Waals surface area contributed by atoms with Crippen molar-refractivity contribution >= 4 is 94.2 Å². The van der Waals surface area contributed by atoms with Crippen LogP contribution in [0.4, 0.5) is 0 Å². The Labute approximate surface area is 649 Å². The van der Waals surface area contributed by atoms with Gasteiger partial charge in [0.25, 0.3) is 28.1 Å². The van der Waals surface area contributed by atoms with E-state index in [0.29, 0.717) is 84.1 Å². The first-order valence-electron chi connectivity index (χ1n) is 35.8. The molecule has 18 aromatic rings. The Bertz CT molecular complexity index is 7220. The van der Waals surface area contributed by atoms with Crippen molar-refractivity contribution in [2.45, 2.75) is 22.6 Å². The number of hydrogen-bond acceptors (Lipinski definition) is 17. The molecule has 0 spiro atoms. The molecule has 0 unspecified atom stereocenters. The molecule has 0 aliphatic carbocycles. The molecular formula is C92H65N5O16S. The van der Waals surface area contributed by atoms with Crippen LogP contribution < -0.4 is 44.4 Å². The molecule has 0 aliphatic rings. The average molecular weight is 1530 g/mol. The van der Waals surface area contributed by atoms with Crippen molar-refractivity contribution in [3.63, 3.8) is 0 Å². The average Bonchev–Trinajstić information content (AvgIpc) is 0.741. The monoisotopic (exact) mass is 1530 g/mol. The Kier molecular flexibility index (Phi) is 20.9. The summed E-state index contributed by atoms with van der Waals surface area (Å²) in [5, 5.41) is 57.9. The summed E-state index contributed by atoms with van der Waals surface area (Å²) in [4.78, 5) is 104. The highest BCUT2D eigenvalue weighted by atomic mass is 32.2. The Morgan fingerprint density at radius 2 is 0.772 bits per heavy atom. The minimum atomic E-state index is -0.764. The number of carbonyl (C=O) groups is 1. The number of amides is 1. The number of hydrogen-bond donors (Lipinski definition) is 6. The first kappa shape index (κ1) is 74.2. The predicted octanol–water partition coefficient (Wildman–Crippen LogP) is 15.7. The molecule has 21 nitrogen and oxygen atoms in total. The molecule has 0 saturated heterocycles. The second-order valence-corrected chi connectivity index (χ2v) is 27.3. The van der Waals surface area contributed by atoms with Gasteiger partial charge in [-0.3, -0.25) is 37.7 Å². The van der Waals surface area contributed by atoms with Crippen molar-refractivity contribution < 1.29 is 43.6 Å². The minimum Gasteiger partial charge on any atom is -0.508 e. The molecule has 18 rings (SSSR count). The SMILES string of the molecule is Cn1c(=O)c(C(=O)NCCc2ccccc2)c(O)c2ccccc21.O=c1oc2c(c(O)c1-c1ccccc1)c(=O)n(-c1ccccc1)c1ccccc21.O=c1oc2c(c(O)c1Cc1ccccc1)c(=O)n(-c1ccccc1)c1ccccc21.O=c1oc2c(c(O)c1Sc1cccc(O)c1)c(=O)n(-c1ccccc1)c1ccccc21. The molecule has 11 aromatic carbocycles. The predicted molar refractivity (Wildman–Crippen MR) is 442 cm³/mol. The number of rotatable bonds is 12. The summed E-state index contributed by atoms with van der Waals surface area (Å²) in [6.45, 7) is 0.387.